The van der Waals surface area contributed by atoms with Gasteiger partial charge in [-0.15, -0.1) is 0 Å². The van der Waals surface area contributed by atoms with Crippen molar-refractivity contribution in [2.45, 2.75) is 38.3 Å². The summed E-state index contributed by atoms with van der Waals surface area (Å²) in [5.74, 6) is 1.28. The molecule has 0 spiro atoms. The lowest BCUT2D eigenvalue weighted by Gasteiger charge is -2.27. The molecule has 5 rings (SSSR count). The Balaban J connectivity index is 1.42. The molecule has 2 aromatic heterocycles. The van der Waals surface area contributed by atoms with Gasteiger partial charge >= 0.3 is 0 Å². The van der Waals surface area contributed by atoms with Gasteiger partial charge in [0, 0.05) is 37.5 Å². The van der Waals surface area contributed by atoms with Crippen LogP contribution >= 0.6 is 0 Å². The first-order valence-electron chi connectivity index (χ1n) is 9.03. The number of H-pyrrole nitrogens is 1. The van der Waals surface area contributed by atoms with E-state index in [1.54, 1.807) is 18.4 Å². The molecule has 1 saturated carbocycles. The van der Waals surface area contributed by atoms with Gasteiger partial charge in [0.05, 0.1) is 22.9 Å². The van der Waals surface area contributed by atoms with E-state index in [0.717, 1.165) is 42.9 Å². The molecule has 6 nitrogen and oxygen atoms in total. The highest BCUT2D eigenvalue weighted by Crippen LogP contribution is 2.37. The summed E-state index contributed by atoms with van der Waals surface area (Å²) in [6.07, 6.45) is 4.51. The predicted octanol–water partition coefficient (Wildman–Crippen LogP) is 2.31. The van der Waals surface area contributed by atoms with Crippen molar-refractivity contribution < 1.29 is 4.42 Å². The average Bonchev–Trinajstić information content (AvgIpc) is 3.50. The second-order valence-corrected chi connectivity index (χ2v) is 7.20. The number of benzene rings is 1. The summed E-state index contributed by atoms with van der Waals surface area (Å²) in [6.45, 7) is 1.76. The van der Waals surface area contributed by atoms with E-state index in [2.05, 4.69) is 14.9 Å². The van der Waals surface area contributed by atoms with E-state index >= 15 is 0 Å². The van der Waals surface area contributed by atoms with Gasteiger partial charge < -0.3 is 9.40 Å². The number of hydrogen-bond donors (Lipinski definition) is 1. The molecule has 2 aliphatic rings. The van der Waals surface area contributed by atoms with Crippen molar-refractivity contribution in [3.05, 3.63) is 73.8 Å². The fraction of sp³-hybridized carbons (Fsp3) is 0.350. The predicted molar refractivity (Wildman–Crippen MR) is 97.1 cm³/mol. The quantitative estimate of drug-likeness (QED) is 0.785. The van der Waals surface area contributed by atoms with Crippen molar-refractivity contribution in [3.8, 4) is 0 Å². The Morgan fingerprint density at radius 3 is 2.92 bits per heavy atom. The Kier molecular flexibility index (Phi) is 3.53. The highest BCUT2D eigenvalue weighted by atomic mass is 16.3. The van der Waals surface area contributed by atoms with Gasteiger partial charge in [-0.25, -0.2) is 4.98 Å². The SMILES string of the molecule is O=c1[nH]c(C2CC2)nc2c1CN(Cc1coc3ccccc3c1=O)CC2. The van der Waals surface area contributed by atoms with Crippen LogP contribution in [0.3, 0.4) is 0 Å². The van der Waals surface area contributed by atoms with E-state index in [9.17, 15) is 9.59 Å². The van der Waals surface area contributed by atoms with Crippen LogP contribution < -0.4 is 11.0 Å². The lowest BCUT2D eigenvalue weighted by molar-refractivity contribution is 0.239. The minimum Gasteiger partial charge on any atom is -0.464 e. The molecule has 6 heteroatoms. The molecule has 3 aromatic rings. The van der Waals surface area contributed by atoms with Gasteiger partial charge in [-0.2, -0.15) is 0 Å². The van der Waals surface area contributed by atoms with Gasteiger partial charge in [0.2, 0.25) is 0 Å². The fourth-order valence-corrected chi connectivity index (χ4v) is 3.65. The zero-order valence-electron chi connectivity index (χ0n) is 14.3. The summed E-state index contributed by atoms with van der Waals surface area (Å²) in [6, 6.07) is 7.26. The number of nitrogens with one attached hydrogen (secondary N) is 1. The molecule has 1 aromatic carbocycles. The van der Waals surface area contributed by atoms with Crippen molar-refractivity contribution in [2.75, 3.05) is 6.54 Å². The summed E-state index contributed by atoms with van der Waals surface area (Å²) < 4.78 is 5.60. The Hall–Kier alpha value is -2.73. The van der Waals surface area contributed by atoms with Gasteiger partial charge in [0.15, 0.2) is 5.43 Å². The highest BCUT2D eigenvalue weighted by Gasteiger charge is 2.29. The third-order valence-corrected chi connectivity index (χ3v) is 5.28. The van der Waals surface area contributed by atoms with Gasteiger partial charge in [-0.3, -0.25) is 14.5 Å². The largest absolute Gasteiger partial charge is 0.464 e. The maximum absolute atomic E-state index is 12.7. The van der Waals surface area contributed by atoms with E-state index in [1.165, 1.54) is 0 Å². The van der Waals surface area contributed by atoms with Crippen LogP contribution in [0.4, 0.5) is 0 Å². The standard InChI is InChI=1S/C20H19N3O3/c24-18-13(11-26-17-4-2-1-3-14(17)18)9-23-8-7-16-15(10-23)20(25)22-19(21-16)12-5-6-12/h1-4,11-12H,5-10H2,(H,21,22,25). The highest BCUT2D eigenvalue weighted by molar-refractivity contribution is 5.76. The van der Waals surface area contributed by atoms with Crippen LogP contribution in [-0.4, -0.2) is 21.4 Å². The Morgan fingerprint density at radius 1 is 1.23 bits per heavy atom. The smallest absolute Gasteiger partial charge is 0.255 e. The average molecular weight is 349 g/mol. The number of nitrogens with zero attached hydrogens (tertiary/aromatic N) is 2. The minimum absolute atomic E-state index is 0.00578. The number of aromatic amines is 1. The first-order valence-corrected chi connectivity index (χ1v) is 9.03. The second kappa shape index (κ2) is 5.92. The molecule has 0 unspecified atom stereocenters. The van der Waals surface area contributed by atoms with Crippen LogP contribution in [0.1, 0.15) is 41.4 Å². The first kappa shape index (κ1) is 15.5. The molecule has 132 valence electrons. The lowest BCUT2D eigenvalue weighted by Crippen LogP contribution is -2.36. The maximum atomic E-state index is 12.7. The maximum Gasteiger partial charge on any atom is 0.255 e. The third-order valence-electron chi connectivity index (χ3n) is 5.28. The molecule has 1 N–H and O–H groups in total. The Labute approximate surface area is 149 Å². The molecular formula is C20H19N3O3. The molecule has 0 radical (unpaired) electrons. The van der Waals surface area contributed by atoms with Crippen molar-refractivity contribution in [2.24, 2.45) is 0 Å². The summed E-state index contributed by atoms with van der Waals surface area (Å²) in [5.41, 5.74) is 2.81. The van der Waals surface area contributed by atoms with Crippen LogP contribution in [0.15, 0.2) is 44.5 Å². The van der Waals surface area contributed by atoms with Crippen molar-refractivity contribution in [3.63, 3.8) is 0 Å². The lowest BCUT2D eigenvalue weighted by atomic mass is 10.1. The van der Waals surface area contributed by atoms with Crippen LogP contribution in [-0.2, 0) is 19.5 Å². The number of para-hydroxylation sites is 1. The van der Waals surface area contributed by atoms with Crippen LogP contribution in [0, 0.1) is 0 Å². The minimum atomic E-state index is -0.0351. The molecule has 0 saturated heterocycles. The number of hydrogen-bond acceptors (Lipinski definition) is 5. The topological polar surface area (TPSA) is 79.2 Å². The monoisotopic (exact) mass is 349 g/mol. The zero-order chi connectivity index (χ0) is 17.7. The van der Waals surface area contributed by atoms with E-state index in [4.69, 9.17) is 4.42 Å². The second-order valence-electron chi connectivity index (χ2n) is 7.20. The summed E-state index contributed by atoms with van der Waals surface area (Å²) in [4.78, 5) is 34.9. The van der Waals surface area contributed by atoms with Gasteiger partial charge in [0.25, 0.3) is 5.56 Å². The van der Waals surface area contributed by atoms with Crippen LogP contribution in [0.25, 0.3) is 11.0 Å². The van der Waals surface area contributed by atoms with Crippen molar-refractivity contribution in [1.29, 1.82) is 0 Å². The fourth-order valence-electron chi connectivity index (χ4n) is 3.65. The Morgan fingerprint density at radius 2 is 2.08 bits per heavy atom. The normalized spacial score (nSPS) is 17.4. The van der Waals surface area contributed by atoms with E-state index in [-0.39, 0.29) is 11.0 Å². The van der Waals surface area contributed by atoms with E-state index in [0.29, 0.717) is 35.5 Å². The van der Waals surface area contributed by atoms with Gasteiger partial charge in [0.1, 0.15) is 11.4 Å². The third kappa shape index (κ3) is 2.66. The summed E-state index contributed by atoms with van der Waals surface area (Å²) >= 11 is 0. The zero-order valence-corrected chi connectivity index (χ0v) is 14.3. The molecular weight excluding hydrogens is 330 g/mol. The van der Waals surface area contributed by atoms with E-state index < -0.39 is 0 Å². The number of fused-ring (bicyclic) bond motifs is 2. The van der Waals surface area contributed by atoms with Crippen molar-refractivity contribution >= 4 is 11.0 Å². The van der Waals surface area contributed by atoms with Gasteiger partial charge in [-0.05, 0) is 25.0 Å². The molecule has 0 atom stereocenters. The van der Waals surface area contributed by atoms with Crippen LogP contribution in [0.2, 0.25) is 0 Å². The molecule has 3 heterocycles. The molecule has 1 aliphatic heterocycles. The molecule has 0 amide bonds. The van der Waals surface area contributed by atoms with Gasteiger partial charge in [-0.1, -0.05) is 12.1 Å². The first-order chi connectivity index (χ1) is 12.7. The molecule has 1 aliphatic carbocycles. The van der Waals surface area contributed by atoms with Crippen LogP contribution in [0.5, 0.6) is 0 Å². The summed E-state index contributed by atoms with van der Waals surface area (Å²) in [7, 11) is 0. The van der Waals surface area contributed by atoms with Crippen molar-refractivity contribution in [1.82, 2.24) is 14.9 Å². The summed E-state index contributed by atoms with van der Waals surface area (Å²) in [5, 5.41) is 0.594. The molecule has 26 heavy (non-hydrogen) atoms. The molecule has 0 bridgehead atoms. The molecule has 1 fully saturated rings. The number of rotatable bonds is 3. The Bertz CT molecular complexity index is 1110. The number of aromatic nitrogens is 2. The van der Waals surface area contributed by atoms with E-state index in [1.807, 2.05) is 12.1 Å².